The van der Waals surface area contributed by atoms with Gasteiger partial charge in [-0.25, -0.2) is 12.7 Å². The Hall–Kier alpha value is -3.54. The first kappa shape index (κ1) is 27.5. The molecule has 38 heavy (non-hydrogen) atoms. The molecule has 2 aliphatic heterocycles. The Morgan fingerprint density at radius 2 is 1.76 bits per heavy atom. The number of amides is 2. The van der Waals surface area contributed by atoms with Crippen LogP contribution in [-0.4, -0.2) is 81.2 Å². The molecular formula is C27H31N3O7S. The average Bonchev–Trinajstić information content (AvgIpc) is 3.27. The Morgan fingerprint density at radius 3 is 2.42 bits per heavy atom. The van der Waals surface area contributed by atoms with Crippen molar-refractivity contribution in [1.29, 1.82) is 0 Å². The maximum absolute atomic E-state index is 14.3. The fourth-order valence-electron chi connectivity index (χ4n) is 5.14. The van der Waals surface area contributed by atoms with Crippen molar-refractivity contribution in [2.45, 2.75) is 30.2 Å². The molecule has 2 aromatic carbocycles. The molecule has 1 N–H and O–H groups in total. The number of methoxy groups -OCH3 is 1. The molecule has 1 fully saturated rings. The van der Waals surface area contributed by atoms with Crippen molar-refractivity contribution in [2.24, 2.45) is 0 Å². The molecule has 202 valence electrons. The van der Waals surface area contributed by atoms with Crippen LogP contribution in [-0.2, 0) is 34.7 Å². The largest absolute Gasteiger partial charge is 0.507 e. The van der Waals surface area contributed by atoms with Gasteiger partial charge < -0.3 is 19.6 Å². The van der Waals surface area contributed by atoms with Crippen LogP contribution in [0.5, 0.6) is 0 Å². The predicted molar refractivity (Wildman–Crippen MR) is 141 cm³/mol. The number of aliphatic hydroxyl groups excluding tert-OH is 1. The van der Waals surface area contributed by atoms with Gasteiger partial charge in [-0.05, 0) is 31.0 Å². The van der Waals surface area contributed by atoms with Crippen LogP contribution < -0.4 is 4.90 Å². The molecular weight excluding hydrogens is 510 g/mol. The van der Waals surface area contributed by atoms with E-state index in [0.717, 1.165) is 4.31 Å². The van der Waals surface area contributed by atoms with Gasteiger partial charge in [0, 0.05) is 52.0 Å². The van der Waals surface area contributed by atoms with Gasteiger partial charge in [0.25, 0.3) is 17.6 Å². The van der Waals surface area contributed by atoms with Crippen molar-refractivity contribution in [3.05, 3.63) is 65.2 Å². The Bertz CT molecular complexity index is 1430. The number of hydrogen-bond acceptors (Lipinski definition) is 7. The lowest BCUT2D eigenvalue weighted by atomic mass is 9.82. The molecule has 1 spiro atoms. The fourth-order valence-corrected chi connectivity index (χ4v) is 6.09. The zero-order valence-corrected chi connectivity index (χ0v) is 22.6. The number of benzene rings is 2. The molecule has 11 heteroatoms. The molecule has 0 bridgehead atoms. The van der Waals surface area contributed by atoms with E-state index in [1.807, 2.05) is 6.92 Å². The number of ketones is 1. The zero-order chi connectivity index (χ0) is 27.8. The van der Waals surface area contributed by atoms with Gasteiger partial charge >= 0.3 is 0 Å². The fraction of sp³-hybridized carbons (Fsp3) is 0.370. The summed E-state index contributed by atoms with van der Waals surface area (Å²) >= 11 is 0. The van der Waals surface area contributed by atoms with Crippen molar-refractivity contribution in [2.75, 3.05) is 45.8 Å². The van der Waals surface area contributed by atoms with Gasteiger partial charge in [0.1, 0.15) is 5.76 Å². The summed E-state index contributed by atoms with van der Waals surface area (Å²) in [6.07, 6.45) is 0.974. The number of anilines is 1. The Kier molecular flexibility index (Phi) is 7.46. The van der Waals surface area contributed by atoms with Crippen LogP contribution in [0.25, 0.3) is 5.76 Å². The molecule has 0 radical (unpaired) electrons. The van der Waals surface area contributed by atoms with Gasteiger partial charge in [-0.1, -0.05) is 37.3 Å². The molecule has 0 saturated carbocycles. The lowest BCUT2D eigenvalue weighted by Crippen LogP contribution is -2.52. The summed E-state index contributed by atoms with van der Waals surface area (Å²) < 4.78 is 31.7. The van der Waals surface area contributed by atoms with E-state index in [1.165, 1.54) is 55.3 Å². The van der Waals surface area contributed by atoms with Crippen molar-refractivity contribution in [3.63, 3.8) is 0 Å². The molecule has 10 nitrogen and oxygen atoms in total. The zero-order valence-electron chi connectivity index (χ0n) is 21.8. The number of sulfonamides is 1. The minimum absolute atomic E-state index is 0.00131. The quantitative estimate of drug-likeness (QED) is 0.224. The van der Waals surface area contributed by atoms with Crippen molar-refractivity contribution >= 4 is 39.1 Å². The highest BCUT2D eigenvalue weighted by molar-refractivity contribution is 7.89. The van der Waals surface area contributed by atoms with Crippen molar-refractivity contribution < 1.29 is 32.6 Å². The maximum atomic E-state index is 14.3. The lowest BCUT2D eigenvalue weighted by Gasteiger charge is -2.34. The van der Waals surface area contributed by atoms with Crippen LogP contribution in [0.15, 0.2) is 59.0 Å². The highest BCUT2D eigenvalue weighted by atomic mass is 32.2. The summed E-state index contributed by atoms with van der Waals surface area (Å²) in [4.78, 5) is 44.0. The Labute approximate surface area is 222 Å². The summed E-state index contributed by atoms with van der Waals surface area (Å²) in [6, 6.07) is 12.4. The summed E-state index contributed by atoms with van der Waals surface area (Å²) in [5.41, 5.74) is -1.31. The Morgan fingerprint density at radius 1 is 1.05 bits per heavy atom. The highest BCUT2D eigenvalue weighted by Crippen LogP contribution is 2.53. The SMILES string of the molecule is CCCN1C(=O)C2(/C(=C(/O)c3cccc(S(=O)(=O)N(C)C)c3)C(=O)C(=O)N2CCCOC)c2ccccc21. The van der Waals surface area contributed by atoms with E-state index in [0.29, 0.717) is 30.6 Å². The Balaban J connectivity index is 2.02. The molecule has 0 aliphatic carbocycles. The number of ether oxygens (including phenoxy) is 1. The number of fused-ring (bicyclic) bond motifs is 2. The number of likely N-dealkylation sites (tertiary alicyclic amines) is 1. The van der Waals surface area contributed by atoms with Crippen LogP contribution in [0.2, 0.25) is 0 Å². The van der Waals surface area contributed by atoms with Gasteiger partial charge in [0.15, 0.2) is 5.54 Å². The molecule has 4 rings (SSSR count). The first-order chi connectivity index (χ1) is 18.0. The monoisotopic (exact) mass is 541 g/mol. The van der Waals surface area contributed by atoms with Crippen molar-refractivity contribution in [1.82, 2.24) is 9.21 Å². The van der Waals surface area contributed by atoms with Crippen LogP contribution in [0.1, 0.15) is 30.9 Å². The first-order valence-electron chi connectivity index (χ1n) is 12.3. The molecule has 1 unspecified atom stereocenters. The highest BCUT2D eigenvalue weighted by Gasteiger charge is 2.66. The molecule has 2 heterocycles. The summed E-state index contributed by atoms with van der Waals surface area (Å²) in [6.45, 7) is 2.58. The molecule has 0 aromatic heterocycles. The number of nitrogens with zero attached hydrogens (tertiary/aromatic N) is 3. The standard InChI is InChI=1S/C27H31N3O7S/c1-5-14-29-21-13-7-6-12-20(21)27(26(29)34)22(24(32)25(33)30(27)15-9-16-37-4)23(31)18-10-8-11-19(17-18)38(35,36)28(2)3/h6-8,10-13,17,31H,5,9,14-16H2,1-4H3/b23-22+. The second-order valence-electron chi connectivity index (χ2n) is 9.36. The summed E-state index contributed by atoms with van der Waals surface area (Å²) in [5.74, 6) is -3.06. The van der Waals surface area contributed by atoms with Crippen molar-refractivity contribution in [3.8, 4) is 0 Å². The van der Waals surface area contributed by atoms with E-state index in [-0.39, 0.29) is 29.2 Å². The van der Waals surface area contributed by atoms with Gasteiger partial charge in [-0.3, -0.25) is 14.4 Å². The summed E-state index contributed by atoms with van der Waals surface area (Å²) in [5, 5.41) is 11.6. The van der Waals surface area contributed by atoms with Gasteiger partial charge in [0.2, 0.25) is 10.0 Å². The van der Waals surface area contributed by atoms with Crippen LogP contribution in [0, 0.1) is 0 Å². The van der Waals surface area contributed by atoms with E-state index < -0.39 is 38.9 Å². The van der Waals surface area contributed by atoms with E-state index in [2.05, 4.69) is 0 Å². The van der Waals surface area contributed by atoms with E-state index in [1.54, 1.807) is 24.3 Å². The third-order valence-corrected chi connectivity index (χ3v) is 8.68. The smallest absolute Gasteiger partial charge is 0.296 e. The number of aliphatic hydroxyl groups is 1. The number of hydrogen-bond donors (Lipinski definition) is 1. The normalized spacial score (nSPS) is 20.7. The molecule has 1 atom stereocenters. The number of carbonyl (C=O) groups is 3. The average molecular weight is 542 g/mol. The predicted octanol–water partition coefficient (Wildman–Crippen LogP) is 2.31. The minimum atomic E-state index is -3.86. The number of Topliss-reactive ketones (excluding diaryl/α,β-unsaturated/α-hetero) is 1. The van der Waals surface area contributed by atoms with E-state index in [4.69, 9.17) is 4.74 Å². The van der Waals surface area contributed by atoms with Gasteiger partial charge in [-0.2, -0.15) is 0 Å². The van der Waals surface area contributed by atoms with Crippen LogP contribution >= 0.6 is 0 Å². The van der Waals surface area contributed by atoms with E-state index >= 15 is 0 Å². The number of carbonyl (C=O) groups excluding carboxylic acids is 3. The second-order valence-corrected chi connectivity index (χ2v) is 11.5. The lowest BCUT2D eigenvalue weighted by molar-refractivity contribution is -0.143. The molecule has 2 aromatic rings. The summed E-state index contributed by atoms with van der Waals surface area (Å²) in [7, 11) is 0.406. The molecule has 2 amide bonds. The number of para-hydroxylation sites is 1. The van der Waals surface area contributed by atoms with E-state index in [9.17, 15) is 27.9 Å². The third-order valence-electron chi connectivity index (χ3n) is 6.87. The van der Waals surface area contributed by atoms with Crippen LogP contribution in [0.3, 0.4) is 0 Å². The maximum Gasteiger partial charge on any atom is 0.296 e. The van der Waals surface area contributed by atoms with Gasteiger partial charge in [0.05, 0.1) is 16.2 Å². The third kappa shape index (κ3) is 4.01. The first-order valence-corrected chi connectivity index (χ1v) is 13.7. The topological polar surface area (TPSA) is 125 Å². The molecule has 2 aliphatic rings. The minimum Gasteiger partial charge on any atom is -0.507 e. The van der Waals surface area contributed by atoms with Gasteiger partial charge in [-0.15, -0.1) is 0 Å². The molecule has 1 saturated heterocycles. The second kappa shape index (κ2) is 10.3. The van der Waals surface area contributed by atoms with Crippen LogP contribution in [0.4, 0.5) is 5.69 Å². The number of rotatable bonds is 9.